The quantitative estimate of drug-likeness (QED) is 0.842. The number of ether oxygens (including phenoxy) is 1. The van der Waals surface area contributed by atoms with E-state index in [0.29, 0.717) is 22.9 Å². The van der Waals surface area contributed by atoms with Crippen LogP contribution in [0.5, 0.6) is 5.75 Å². The van der Waals surface area contributed by atoms with Crippen LogP contribution in [-0.2, 0) is 0 Å². The van der Waals surface area contributed by atoms with Crippen molar-refractivity contribution in [2.45, 2.75) is 27.7 Å². The van der Waals surface area contributed by atoms with Gasteiger partial charge in [0.1, 0.15) is 17.1 Å². The predicted octanol–water partition coefficient (Wildman–Crippen LogP) is 2.94. The molecule has 106 valence electrons. The molecule has 0 aromatic carbocycles. The van der Waals surface area contributed by atoms with Crippen molar-refractivity contribution in [2.75, 3.05) is 11.9 Å². The Balaban J connectivity index is 2.20. The van der Waals surface area contributed by atoms with Gasteiger partial charge in [-0.05, 0) is 27.7 Å². The van der Waals surface area contributed by atoms with Crippen molar-refractivity contribution in [3.05, 3.63) is 35.0 Å². The topological polar surface area (TPSA) is 68.5 Å². The Morgan fingerprint density at radius 1 is 1.20 bits per heavy atom. The van der Waals surface area contributed by atoms with Crippen LogP contribution in [0.4, 0.5) is 10.5 Å². The average Bonchev–Trinajstić information content (AvgIpc) is 2.66. The van der Waals surface area contributed by atoms with Crippen molar-refractivity contribution in [1.82, 2.24) is 10.1 Å². The van der Waals surface area contributed by atoms with Crippen LogP contribution < -0.4 is 9.64 Å². The molecule has 1 amide bonds. The molecule has 0 unspecified atom stereocenters. The van der Waals surface area contributed by atoms with Gasteiger partial charge in [-0.1, -0.05) is 5.16 Å². The van der Waals surface area contributed by atoms with Crippen LogP contribution in [0.1, 0.15) is 22.8 Å². The Kier molecular flexibility index (Phi) is 3.74. The Morgan fingerprint density at radius 3 is 2.30 bits per heavy atom. The van der Waals surface area contributed by atoms with Crippen molar-refractivity contribution in [1.29, 1.82) is 0 Å². The van der Waals surface area contributed by atoms with Crippen molar-refractivity contribution in [3.8, 4) is 5.75 Å². The highest BCUT2D eigenvalue weighted by atomic mass is 16.6. The summed E-state index contributed by atoms with van der Waals surface area (Å²) in [5.41, 5.74) is 2.86. The molecule has 2 aromatic heterocycles. The highest BCUT2D eigenvalue weighted by Gasteiger charge is 2.21. The molecule has 0 aliphatic rings. The summed E-state index contributed by atoms with van der Waals surface area (Å²) in [6.45, 7) is 7.22. The Hall–Kier alpha value is -2.37. The van der Waals surface area contributed by atoms with Crippen molar-refractivity contribution in [2.24, 2.45) is 0 Å². The third-order valence-corrected chi connectivity index (χ3v) is 2.87. The Labute approximate surface area is 117 Å². The van der Waals surface area contributed by atoms with Gasteiger partial charge in [-0.25, -0.2) is 4.79 Å². The summed E-state index contributed by atoms with van der Waals surface area (Å²) >= 11 is 0. The molecule has 0 aliphatic heterocycles. The molecule has 0 spiro atoms. The second-order valence-electron chi connectivity index (χ2n) is 4.69. The molecule has 6 heteroatoms. The van der Waals surface area contributed by atoms with E-state index in [-0.39, 0.29) is 0 Å². The smallest absolute Gasteiger partial charge is 0.410 e. The standard InChI is InChI=1S/C14H17N3O3/c1-8-6-12(7-9(2)15-8)19-14(18)17(5)13-10(3)16-20-11(13)4/h6-7H,1-5H3. The molecule has 0 saturated carbocycles. The van der Waals surface area contributed by atoms with E-state index >= 15 is 0 Å². The number of aryl methyl sites for hydroxylation is 4. The van der Waals surface area contributed by atoms with E-state index in [2.05, 4.69) is 10.1 Å². The fourth-order valence-electron chi connectivity index (χ4n) is 2.07. The molecule has 0 N–H and O–H groups in total. The largest absolute Gasteiger partial charge is 0.419 e. The van der Waals surface area contributed by atoms with Gasteiger partial charge in [0.15, 0.2) is 5.76 Å². The third kappa shape index (κ3) is 2.79. The molecule has 2 aromatic rings. The van der Waals surface area contributed by atoms with E-state index < -0.39 is 6.09 Å². The van der Waals surface area contributed by atoms with Gasteiger partial charge in [0, 0.05) is 30.6 Å². The van der Waals surface area contributed by atoms with Gasteiger partial charge in [0.2, 0.25) is 0 Å². The summed E-state index contributed by atoms with van der Waals surface area (Å²) < 4.78 is 10.4. The SMILES string of the molecule is Cc1cc(OC(=O)N(C)c2c(C)noc2C)cc(C)n1. The van der Waals surface area contributed by atoms with Gasteiger partial charge in [-0.2, -0.15) is 0 Å². The maximum absolute atomic E-state index is 12.2. The van der Waals surface area contributed by atoms with E-state index in [9.17, 15) is 4.79 Å². The number of carbonyl (C=O) groups excluding carboxylic acids is 1. The molecular weight excluding hydrogens is 258 g/mol. The lowest BCUT2D eigenvalue weighted by Crippen LogP contribution is -2.30. The Bertz CT molecular complexity index is 609. The van der Waals surface area contributed by atoms with Crippen LogP contribution in [-0.4, -0.2) is 23.3 Å². The number of carbonyl (C=O) groups is 1. The number of amides is 1. The molecule has 0 atom stereocenters. The van der Waals surface area contributed by atoms with E-state index in [1.807, 2.05) is 13.8 Å². The summed E-state index contributed by atoms with van der Waals surface area (Å²) in [7, 11) is 1.62. The maximum atomic E-state index is 12.2. The van der Waals surface area contributed by atoms with Crippen molar-refractivity contribution < 1.29 is 14.1 Å². The highest BCUT2D eigenvalue weighted by Crippen LogP contribution is 2.24. The molecule has 0 radical (unpaired) electrons. The summed E-state index contributed by atoms with van der Waals surface area (Å²) in [6.07, 6.45) is -0.496. The van der Waals surface area contributed by atoms with Crippen LogP contribution in [0.15, 0.2) is 16.7 Å². The third-order valence-electron chi connectivity index (χ3n) is 2.87. The predicted molar refractivity (Wildman–Crippen MR) is 74.1 cm³/mol. The van der Waals surface area contributed by atoms with Gasteiger partial charge in [-0.3, -0.25) is 9.88 Å². The van der Waals surface area contributed by atoms with Crippen molar-refractivity contribution in [3.63, 3.8) is 0 Å². The first-order chi connectivity index (χ1) is 9.38. The van der Waals surface area contributed by atoms with E-state index in [1.165, 1.54) is 4.90 Å². The number of hydrogen-bond acceptors (Lipinski definition) is 5. The first kappa shape index (κ1) is 14.0. The van der Waals surface area contributed by atoms with Gasteiger partial charge in [0.05, 0.1) is 0 Å². The highest BCUT2D eigenvalue weighted by molar-refractivity contribution is 5.89. The number of nitrogens with zero attached hydrogens (tertiary/aromatic N) is 3. The second kappa shape index (κ2) is 5.32. The molecule has 0 bridgehead atoms. The molecule has 6 nitrogen and oxygen atoms in total. The van der Waals surface area contributed by atoms with Crippen LogP contribution in [0.2, 0.25) is 0 Å². The Morgan fingerprint density at radius 2 is 1.80 bits per heavy atom. The summed E-state index contributed by atoms with van der Waals surface area (Å²) in [6, 6.07) is 3.43. The minimum Gasteiger partial charge on any atom is -0.410 e. The lowest BCUT2D eigenvalue weighted by Gasteiger charge is -2.16. The van der Waals surface area contributed by atoms with Crippen LogP contribution in [0.25, 0.3) is 0 Å². The monoisotopic (exact) mass is 275 g/mol. The van der Waals surface area contributed by atoms with Crippen LogP contribution in [0.3, 0.4) is 0 Å². The van der Waals surface area contributed by atoms with E-state index in [4.69, 9.17) is 9.26 Å². The number of anilines is 1. The summed E-state index contributed by atoms with van der Waals surface area (Å²) in [4.78, 5) is 17.8. The summed E-state index contributed by atoms with van der Waals surface area (Å²) in [5.74, 6) is 1.04. The lowest BCUT2D eigenvalue weighted by molar-refractivity contribution is 0.209. The lowest BCUT2D eigenvalue weighted by atomic mass is 10.3. The number of aromatic nitrogens is 2. The zero-order chi connectivity index (χ0) is 14.9. The van der Waals surface area contributed by atoms with Gasteiger partial charge in [-0.15, -0.1) is 0 Å². The van der Waals surface area contributed by atoms with Crippen molar-refractivity contribution >= 4 is 11.8 Å². The first-order valence-electron chi connectivity index (χ1n) is 6.22. The minimum atomic E-state index is -0.496. The maximum Gasteiger partial charge on any atom is 0.419 e. The summed E-state index contributed by atoms with van der Waals surface area (Å²) in [5, 5.41) is 3.82. The molecule has 0 aliphatic carbocycles. The molecule has 2 rings (SSSR count). The molecule has 0 fully saturated rings. The fraction of sp³-hybridized carbons (Fsp3) is 0.357. The van der Waals surface area contributed by atoms with Crippen LogP contribution in [0, 0.1) is 27.7 Å². The van der Waals surface area contributed by atoms with Gasteiger partial charge in [0.25, 0.3) is 0 Å². The van der Waals surface area contributed by atoms with Gasteiger partial charge >= 0.3 is 6.09 Å². The normalized spacial score (nSPS) is 10.4. The number of pyridine rings is 1. The minimum absolute atomic E-state index is 0.471. The van der Waals surface area contributed by atoms with E-state index in [1.54, 1.807) is 33.0 Å². The van der Waals surface area contributed by atoms with Crippen LogP contribution >= 0.6 is 0 Å². The second-order valence-corrected chi connectivity index (χ2v) is 4.69. The molecule has 2 heterocycles. The zero-order valence-corrected chi connectivity index (χ0v) is 12.2. The molecular formula is C14H17N3O3. The first-order valence-corrected chi connectivity index (χ1v) is 6.22. The molecule has 0 saturated heterocycles. The average molecular weight is 275 g/mol. The fourth-order valence-corrected chi connectivity index (χ4v) is 2.07. The number of rotatable bonds is 2. The zero-order valence-electron chi connectivity index (χ0n) is 12.2. The van der Waals surface area contributed by atoms with Gasteiger partial charge < -0.3 is 9.26 Å². The van der Waals surface area contributed by atoms with E-state index in [0.717, 1.165) is 11.4 Å². The molecule has 20 heavy (non-hydrogen) atoms. The number of hydrogen-bond donors (Lipinski definition) is 0.